The third kappa shape index (κ3) is 3.28. The van der Waals surface area contributed by atoms with Crippen molar-refractivity contribution >= 4 is 16.9 Å². The summed E-state index contributed by atoms with van der Waals surface area (Å²) in [5, 5.41) is 25.1. The number of hydrogen-bond acceptors (Lipinski definition) is 7. The van der Waals surface area contributed by atoms with Crippen LogP contribution in [0.2, 0.25) is 0 Å². The van der Waals surface area contributed by atoms with Crippen molar-refractivity contribution < 1.29 is 14.9 Å². The zero-order chi connectivity index (χ0) is 15.7. The number of rotatable bonds is 4. The summed E-state index contributed by atoms with van der Waals surface area (Å²) in [6.07, 6.45) is 2.83. The van der Waals surface area contributed by atoms with E-state index in [2.05, 4.69) is 17.2 Å². The van der Waals surface area contributed by atoms with E-state index in [0.717, 1.165) is 11.7 Å². The van der Waals surface area contributed by atoms with E-state index in [9.17, 15) is 10.2 Å². The van der Waals surface area contributed by atoms with E-state index in [1.54, 1.807) is 11.8 Å². The van der Waals surface area contributed by atoms with Gasteiger partial charge in [0, 0.05) is 26.2 Å². The summed E-state index contributed by atoms with van der Waals surface area (Å²) in [6.45, 7) is 3.51. The van der Waals surface area contributed by atoms with Crippen molar-refractivity contribution in [1.29, 1.82) is 0 Å². The van der Waals surface area contributed by atoms with E-state index in [-0.39, 0.29) is 17.6 Å². The topological polar surface area (TPSA) is 77.3 Å². The number of nitrogens with zero attached hydrogens (tertiary/aromatic N) is 2. The third-order valence-electron chi connectivity index (χ3n) is 4.91. The van der Waals surface area contributed by atoms with Crippen molar-refractivity contribution in [3.05, 3.63) is 0 Å². The van der Waals surface area contributed by atoms with Crippen LogP contribution in [0.4, 0.5) is 0 Å². The molecule has 7 heteroatoms. The van der Waals surface area contributed by atoms with Crippen LogP contribution in [0, 0.1) is 0 Å². The second-order valence-corrected chi connectivity index (χ2v) is 7.51. The molecule has 0 spiro atoms. The van der Waals surface area contributed by atoms with Gasteiger partial charge >= 0.3 is 0 Å². The van der Waals surface area contributed by atoms with E-state index in [4.69, 9.17) is 4.74 Å². The van der Waals surface area contributed by atoms with Gasteiger partial charge in [-0.05, 0) is 19.8 Å². The molecule has 0 radical (unpaired) electrons. The summed E-state index contributed by atoms with van der Waals surface area (Å²) in [7, 11) is 1.98. The molecule has 2 fully saturated rings. The Morgan fingerprint density at radius 3 is 2.73 bits per heavy atom. The molecular weight excluding hydrogens is 302 g/mol. The van der Waals surface area contributed by atoms with Crippen molar-refractivity contribution in [2.45, 2.75) is 68.4 Å². The first-order valence-electron chi connectivity index (χ1n) is 8.30. The van der Waals surface area contributed by atoms with Crippen LogP contribution in [-0.4, -0.2) is 76.2 Å². The number of fused-ring (bicyclic) bond motifs is 1. The highest BCUT2D eigenvalue weighted by Gasteiger charge is 2.48. The summed E-state index contributed by atoms with van der Waals surface area (Å²) in [5.41, 5.74) is -0.197. The summed E-state index contributed by atoms with van der Waals surface area (Å²) in [5.74, 6) is 0. The zero-order valence-corrected chi connectivity index (χ0v) is 14.1. The molecule has 1 saturated heterocycles. The van der Waals surface area contributed by atoms with Crippen LogP contribution < -0.4 is 5.32 Å². The van der Waals surface area contributed by atoms with Gasteiger partial charge < -0.3 is 25.2 Å². The number of ether oxygens (including phenoxy) is 1. The molecule has 0 aromatic rings. The molecule has 0 unspecified atom stereocenters. The number of aliphatic imine (C=N–C) groups is 1. The van der Waals surface area contributed by atoms with Gasteiger partial charge in [0.1, 0.15) is 29.8 Å². The fourth-order valence-corrected chi connectivity index (χ4v) is 4.58. The van der Waals surface area contributed by atoms with Gasteiger partial charge in [0.15, 0.2) is 5.17 Å². The van der Waals surface area contributed by atoms with E-state index in [1.165, 1.54) is 25.7 Å². The molecule has 0 aromatic carbocycles. The van der Waals surface area contributed by atoms with Crippen molar-refractivity contribution in [3.63, 3.8) is 0 Å². The van der Waals surface area contributed by atoms with Crippen molar-refractivity contribution in [2.75, 3.05) is 20.1 Å². The lowest BCUT2D eigenvalue weighted by atomic mass is 9.98. The van der Waals surface area contributed by atoms with E-state index < -0.39 is 12.2 Å². The van der Waals surface area contributed by atoms with Gasteiger partial charge in [-0.15, -0.1) is 0 Å². The van der Waals surface area contributed by atoms with Crippen LogP contribution in [0.25, 0.3) is 0 Å². The highest BCUT2D eigenvalue weighted by Crippen LogP contribution is 2.37. The predicted octanol–water partition coefficient (Wildman–Crippen LogP) is 0.388. The Labute approximate surface area is 136 Å². The lowest BCUT2D eigenvalue weighted by Crippen LogP contribution is -2.57. The molecule has 3 N–H and O–H groups in total. The van der Waals surface area contributed by atoms with Gasteiger partial charge in [-0.1, -0.05) is 24.6 Å². The van der Waals surface area contributed by atoms with Gasteiger partial charge in [-0.2, -0.15) is 0 Å². The second-order valence-electron chi connectivity index (χ2n) is 6.45. The molecule has 0 bridgehead atoms. The maximum Gasteiger partial charge on any atom is 0.162 e. The van der Waals surface area contributed by atoms with Crippen molar-refractivity contribution in [2.24, 2.45) is 4.99 Å². The molecule has 22 heavy (non-hydrogen) atoms. The molecule has 5 atom stereocenters. The Morgan fingerprint density at radius 1 is 1.32 bits per heavy atom. The van der Waals surface area contributed by atoms with Crippen LogP contribution in [0.5, 0.6) is 0 Å². The minimum Gasteiger partial charge on any atom is -0.388 e. The molecule has 0 aromatic heterocycles. The van der Waals surface area contributed by atoms with Crippen LogP contribution in [0.3, 0.4) is 0 Å². The quantitative estimate of drug-likeness (QED) is 0.693. The monoisotopic (exact) mass is 329 g/mol. The van der Waals surface area contributed by atoms with Gasteiger partial charge in [-0.25, -0.2) is 0 Å². The molecular formula is C15H27N3O3S. The first-order chi connectivity index (χ1) is 10.6. The fourth-order valence-electron chi connectivity index (χ4n) is 3.32. The van der Waals surface area contributed by atoms with Crippen LogP contribution in [0.15, 0.2) is 4.99 Å². The van der Waals surface area contributed by atoms with Gasteiger partial charge in [0.2, 0.25) is 0 Å². The van der Waals surface area contributed by atoms with E-state index in [0.29, 0.717) is 12.6 Å². The molecule has 3 aliphatic rings. The number of amidine groups is 1. The number of nitrogens with one attached hydrogen (secondary N) is 1. The van der Waals surface area contributed by atoms with Gasteiger partial charge in [-0.3, -0.25) is 4.99 Å². The molecule has 0 amide bonds. The van der Waals surface area contributed by atoms with Crippen molar-refractivity contribution in [3.8, 4) is 0 Å². The van der Waals surface area contributed by atoms with Gasteiger partial charge in [0.25, 0.3) is 0 Å². The summed E-state index contributed by atoms with van der Waals surface area (Å²) in [6, 6.07) is 0.159. The lowest BCUT2D eigenvalue weighted by molar-refractivity contribution is -0.151. The minimum absolute atomic E-state index is 0.197. The molecule has 126 valence electrons. The van der Waals surface area contributed by atoms with Crippen LogP contribution >= 0.6 is 11.8 Å². The Hall–Kier alpha value is -0.340. The SMILES string of the molecule is CCN(C)C1=N[C@@H]2[C@@H](O)[C@H](O)[C@@H](CNC3CCCC3)O[C@@H]2S1. The summed E-state index contributed by atoms with van der Waals surface area (Å²) < 4.78 is 6.03. The average molecular weight is 329 g/mol. The van der Waals surface area contributed by atoms with Crippen LogP contribution in [0.1, 0.15) is 32.6 Å². The van der Waals surface area contributed by atoms with E-state index in [1.807, 2.05) is 11.9 Å². The normalized spacial score (nSPS) is 38.9. The number of aliphatic hydroxyl groups is 2. The average Bonchev–Trinajstić information content (AvgIpc) is 3.17. The third-order valence-corrected chi connectivity index (χ3v) is 6.16. The summed E-state index contributed by atoms with van der Waals surface area (Å²) >= 11 is 1.55. The highest BCUT2D eigenvalue weighted by molar-refractivity contribution is 8.14. The van der Waals surface area contributed by atoms with Gasteiger partial charge in [0.05, 0.1) is 0 Å². The standard InChI is InChI=1S/C15H27N3O3S/c1-3-18(2)15-17-11-13(20)12(19)10(21-14(11)22-15)8-16-9-6-4-5-7-9/h9-14,16,19-20H,3-8H2,1-2H3/t10-,11-,12-,13-,14-/m1/s1. The predicted molar refractivity (Wildman–Crippen MR) is 88.1 cm³/mol. The van der Waals surface area contributed by atoms with Crippen molar-refractivity contribution in [1.82, 2.24) is 10.2 Å². The second kappa shape index (κ2) is 7.05. The minimum atomic E-state index is -0.884. The molecule has 1 aliphatic carbocycles. The Morgan fingerprint density at radius 2 is 2.05 bits per heavy atom. The molecule has 6 nitrogen and oxygen atoms in total. The zero-order valence-electron chi connectivity index (χ0n) is 13.3. The number of thioether (sulfide) groups is 1. The molecule has 3 rings (SSSR count). The maximum atomic E-state index is 10.4. The number of aliphatic hydroxyl groups excluding tert-OH is 2. The maximum absolute atomic E-state index is 10.4. The Bertz CT molecular complexity index is 417. The smallest absolute Gasteiger partial charge is 0.162 e. The first kappa shape index (κ1) is 16.5. The highest BCUT2D eigenvalue weighted by atomic mass is 32.2. The molecule has 2 aliphatic heterocycles. The largest absolute Gasteiger partial charge is 0.388 e. The Balaban J connectivity index is 1.59. The molecule has 1 saturated carbocycles. The number of hydrogen-bond donors (Lipinski definition) is 3. The molecule has 2 heterocycles. The fraction of sp³-hybridized carbons (Fsp3) is 0.933. The van der Waals surface area contributed by atoms with Crippen LogP contribution in [-0.2, 0) is 4.74 Å². The first-order valence-corrected chi connectivity index (χ1v) is 9.18. The Kier molecular flexibility index (Phi) is 5.29. The lowest BCUT2D eigenvalue weighted by Gasteiger charge is -2.38. The van der Waals surface area contributed by atoms with E-state index >= 15 is 0 Å². The summed E-state index contributed by atoms with van der Waals surface area (Å²) in [4.78, 5) is 6.57.